The smallest absolute Gasteiger partial charge is 0.237 e. The van der Waals surface area contributed by atoms with Gasteiger partial charge in [0.1, 0.15) is 0 Å². The molecule has 3 N–H and O–H groups in total. The molecule has 0 aromatic heterocycles. The molecule has 1 aliphatic heterocycles. The Bertz CT molecular complexity index is 351. The lowest BCUT2D eigenvalue weighted by Crippen LogP contribution is -2.57. The van der Waals surface area contributed by atoms with Crippen LogP contribution < -0.4 is 11.1 Å². The van der Waals surface area contributed by atoms with Crippen molar-refractivity contribution < 1.29 is 4.79 Å². The Morgan fingerprint density at radius 1 is 1.16 bits per heavy atom. The Kier molecular flexibility index (Phi) is 4.76. The van der Waals surface area contributed by atoms with E-state index in [-0.39, 0.29) is 18.0 Å². The van der Waals surface area contributed by atoms with Gasteiger partial charge in [0.2, 0.25) is 5.91 Å². The molecule has 0 spiro atoms. The number of nitrogens with zero attached hydrogens (tertiary/aromatic N) is 2. The summed E-state index contributed by atoms with van der Waals surface area (Å²) in [5.74, 6) is 0.165. The van der Waals surface area contributed by atoms with E-state index in [1.54, 1.807) is 0 Å². The number of hydrogen-bond acceptors (Lipinski definition) is 4. The third-order valence-corrected chi connectivity index (χ3v) is 4.50. The van der Waals surface area contributed by atoms with Gasteiger partial charge in [-0.3, -0.25) is 14.6 Å². The van der Waals surface area contributed by atoms with Crippen LogP contribution in [0.2, 0.25) is 0 Å². The first-order valence-electron chi connectivity index (χ1n) is 7.07. The van der Waals surface area contributed by atoms with Crippen molar-refractivity contribution in [2.24, 2.45) is 5.73 Å². The molecular weight excluding hydrogens is 260 g/mol. The zero-order valence-corrected chi connectivity index (χ0v) is 12.6. The van der Waals surface area contributed by atoms with Crippen LogP contribution in [0.1, 0.15) is 26.7 Å². The van der Waals surface area contributed by atoms with Crippen LogP contribution in [0.25, 0.3) is 0 Å². The first kappa shape index (κ1) is 14.7. The molecule has 108 valence electrons. The monoisotopic (exact) mass is 284 g/mol. The fraction of sp³-hybridized carbons (Fsp3) is 0.846. The van der Waals surface area contributed by atoms with Crippen molar-refractivity contribution in [3.05, 3.63) is 0 Å². The average molecular weight is 284 g/mol. The van der Waals surface area contributed by atoms with Crippen LogP contribution in [0.4, 0.5) is 0 Å². The van der Waals surface area contributed by atoms with Gasteiger partial charge in [-0.1, -0.05) is 12.2 Å². The Labute approximate surface area is 120 Å². The summed E-state index contributed by atoms with van der Waals surface area (Å²) in [5, 5.41) is 3.07. The average Bonchev–Trinajstić information content (AvgIpc) is 3.21. The number of hydrogen-bond donors (Lipinski definition) is 2. The molecule has 1 heterocycles. The lowest BCUT2D eigenvalue weighted by molar-refractivity contribution is -0.126. The maximum absolute atomic E-state index is 12.0. The molecule has 1 saturated carbocycles. The maximum atomic E-state index is 12.0. The van der Waals surface area contributed by atoms with Gasteiger partial charge in [-0.2, -0.15) is 0 Å². The van der Waals surface area contributed by atoms with E-state index in [1.807, 2.05) is 13.8 Å². The molecule has 0 bridgehead atoms. The zero-order chi connectivity index (χ0) is 14.0. The lowest BCUT2D eigenvalue weighted by atomic mass is 10.2. The van der Waals surface area contributed by atoms with Crippen molar-refractivity contribution in [3.63, 3.8) is 0 Å². The molecule has 2 rings (SSSR count). The van der Waals surface area contributed by atoms with Crippen LogP contribution in [0.3, 0.4) is 0 Å². The number of piperazine rings is 1. The normalized spacial score (nSPS) is 24.7. The molecule has 2 fully saturated rings. The molecule has 2 aliphatic rings. The van der Waals surface area contributed by atoms with Gasteiger partial charge in [-0.05, 0) is 26.7 Å². The van der Waals surface area contributed by atoms with Crippen LogP contribution in [0, 0.1) is 0 Å². The van der Waals surface area contributed by atoms with E-state index in [4.69, 9.17) is 18.0 Å². The fourth-order valence-corrected chi connectivity index (χ4v) is 2.56. The minimum atomic E-state index is -0.0390. The number of nitrogens with one attached hydrogen (secondary N) is 1. The second kappa shape index (κ2) is 6.15. The standard InChI is InChI=1S/C13H24N4OS/c1-9(12(14)19)16-5-7-17(8-6-16)10(2)13(18)15-11-3-4-11/h9-11H,3-8H2,1-2H3,(H2,14,19)(H,15,18). The van der Waals surface area contributed by atoms with E-state index >= 15 is 0 Å². The number of rotatable bonds is 5. The third-order valence-electron chi connectivity index (χ3n) is 4.16. The maximum Gasteiger partial charge on any atom is 0.237 e. The van der Waals surface area contributed by atoms with E-state index in [9.17, 15) is 4.79 Å². The highest BCUT2D eigenvalue weighted by atomic mass is 32.1. The van der Waals surface area contributed by atoms with Gasteiger partial charge < -0.3 is 11.1 Å². The molecule has 2 atom stereocenters. The topological polar surface area (TPSA) is 61.6 Å². The number of carbonyl (C=O) groups is 1. The molecule has 6 heteroatoms. The van der Waals surface area contributed by atoms with Crippen LogP contribution in [0.15, 0.2) is 0 Å². The highest BCUT2D eigenvalue weighted by Crippen LogP contribution is 2.19. The van der Waals surface area contributed by atoms with Crippen molar-refractivity contribution in [2.45, 2.75) is 44.8 Å². The Balaban J connectivity index is 1.78. The van der Waals surface area contributed by atoms with Crippen molar-refractivity contribution >= 4 is 23.1 Å². The second-order valence-electron chi connectivity index (χ2n) is 5.61. The van der Waals surface area contributed by atoms with E-state index in [0.29, 0.717) is 11.0 Å². The van der Waals surface area contributed by atoms with Crippen molar-refractivity contribution in [1.29, 1.82) is 0 Å². The minimum Gasteiger partial charge on any atom is -0.392 e. The molecule has 0 aromatic carbocycles. The molecule has 1 amide bonds. The van der Waals surface area contributed by atoms with Gasteiger partial charge in [0.05, 0.1) is 17.1 Å². The highest BCUT2D eigenvalue weighted by Gasteiger charge is 2.30. The Morgan fingerprint density at radius 2 is 1.63 bits per heavy atom. The molecular formula is C13H24N4OS. The molecule has 1 aliphatic carbocycles. The quantitative estimate of drug-likeness (QED) is 0.693. The lowest BCUT2D eigenvalue weighted by Gasteiger charge is -2.39. The predicted octanol–water partition coefficient (Wildman–Crippen LogP) is -0.0543. The largest absolute Gasteiger partial charge is 0.392 e. The van der Waals surface area contributed by atoms with Crippen molar-refractivity contribution in [1.82, 2.24) is 15.1 Å². The summed E-state index contributed by atoms with van der Waals surface area (Å²) in [5.41, 5.74) is 5.68. The van der Waals surface area contributed by atoms with Crippen LogP contribution >= 0.6 is 12.2 Å². The summed E-state index contributed by atoms with van der Waals surface area (Å²) in [6.45, 7) is 7.66. The van der Waals surface area contributed by atoms with Gasteiger partial charge in [0, 0.05) is 32.2 Å². The molecule has 5 nitrogen and oxygen atoms in total. The zero-order valence-electron chi connectivity index (χ0n) is 11.8. The number of amides is 1. The third kappa shape index (κ3) is 3.87. The van der Waals surface area contributed by atoms with Crippen LogP contribution in [0.5, 0.6) is 0 Å². The van der Waals surface area contributed by atoms with E-state index in [2.05, 4.69) is 15.1 Å². The summed E-state index contributed by atoms with van der Waals surface area (Å²) >= 11 is 5.03. The van der Waals surface area contributed by atoms with E-state index in [1.165, 1.54) is 0 Å². The number of nitrogens with two attached hydrogens (primary N) is 1. The minimum absolute atomic E-state index is 0.0390. The Morgan fingerprint density at radius 3 is 2.05 bits per heavy atom. The van der Waals surface area contributed by atoms with Crippen LogP contribution in [-0.4, -0.2) is 65.0 Å². The Hall–Kier alpha value is -0.720. The first-order valence-corrected chi connectivity index (χ1v) is 7.47. The van der Waals surface area contributed by atoms with Gasteiger partial charge in [0.15, 0.2) is 0 Å². The van der Waals surface area contributed by atoms with Gasteiger partial charge in [0.25, 0.3) is 0 Å². The molecule has 0 radical (unpaired) electrons. The first-order chi connectivity index (χ1) is 8.99. The van der Waals surface area contributed by atoms with Crippen molar-refractivity contribution in [2.75, 3.05) is 26.2 Å². The predicted molar refractivity (Wildman–Crippen MR) is 80.0 cm³/mol. The van der Waals surface area contributed by atoms with Crippen molar-refractivity contribution in [3.8, 4) is 0 Å². The van der Waals surface area contributed by atoms with Gasteiger partial charge in [-0.25, -0.2) is 0 Å². The fourth-order valence-electron chi connectivity index (χ4n) is 2.41. The van der Waals surface area contributed by atoms with E-state index in [0.717, 1.165) is 39.0 Å². The van der Waals surface area contributed by atoms with Crippen LogP contribution in [-0.2, 0) is 4.79 Å². The molecule has 0 aromatic rings. The summed E-state index contributed by atoms with van der Waals surface area (Å²) < 4.78 is 0. The summed E-state index contributed by atoms with van der Waals surface area (Å²) in [7, 11) is 0. The molecule has 1 saturated heterocycles. The number of carbonyl (C=O) groups excluding carboxylic acids is 1. The highest BCUT2D eigenvalue weighted by molar-refractivity contribution is 7.80. The van der Waals surface area contributed by atoms with E-state index < -0.39 is 0 Å². The van der Waals surface area contributed by atoms with Gasteiger partial charge in [-0.15, -0.1) is 0 Å². The summed E-state index contributed by atoms with van der Waals surface area (Å²) in [4.78, 5) is 17.1. The molecule has 2 unspecified atom stereocenters. The molecule has 19 heavy (non-hydrogen) atoms. The summed E-state index contributed by atoms with van der Waals surface area (Å²) in [6, 6.07) is 0.543. The SMILES string of the molecule is CC(C(=O)NC1CC1)N1CCN(C(C)C(N)=S)CC1. The number of thiocarbonyl (C=S) groups is 1. The second-order valence-corrected chi connectivity index (χ2v) is 6.08. The van der Waals surface area contributed by atoms with Gasteiger partial charge >= 0.3 is 0 Å². The summed E-state index contributed by atoms with van der Waals surface area (Å²) in [6.07, 6.45) is 2.27.